The molecule has 0 saturated carbocycles. The van der Waals surface area contributed by atoms with Gasteiger partial charge in [0.1, 0.15) is 0 Å². The van der Waals surface area contributed by atoms with E-state index in [1.807, 2.05) is 0 Å². The predicted octanol–water partition coefficient (Wildman–Crippen LogP) is 3.75. The number of halogens is 4. The van der Waals surface area contributed by atoms with Crippen LogP contribution in [-0.2, 0) is 0 Å². The van der Waals surface area contributed by atoms with Crippen LogP contribution in [0.25, 0.3) is 0 Å². The first-order valence-electron chi connectivity index (χ1n) is 3.13. The molecular formula is C7H4Cl4O2. The van der Waals surface area contributed by atoms with Crippen molar-refractivity contribution in [2.75, 3.05) is 0 Å². The average Bonchev–Trinajstić information content (AvgIpc) is 1.96. The van der Waals surface area contributed by atoms with Gasteiger partial charge in [0.05, 0.1) is 5.02 Å². The van der Waals surface area contributed by atoms with Crippen molar-refractivity contribution >= 4 is 46.4 Å². The Balaban J connectivity index is 2.96. The first-order chi connectivity index (χ1) is 5.90. The SMILES string of the molecule is Oc1c(Cl)cccc1OC(Cl)(Cl)Cl. The lowest BCUT2D eigenvalue weighted by Gasteiger charge is -2.14. The summed E-state index contributed by atoms with van der Waals surface area (Å²) in [6.45, 7) is 0. The molecule has 0 atom stereocenters. The molecule has 2 nitrogen and oxygen atoms in total. The van der Waals surface area contributed by atoms with Gasteiger partial charge >= 0.3 is 3.98 Å². The van der Waals surface area contributed by atoms with Gasteiger partial charge in [-0.15, -0.1) is 0 Å². The molecule has 72 valence electrons. The average molecular weight is 262 g/mol. The second-order valence-electron chi connectivity index (χ2n) is 2.13. The molecule has 0 radical (unpaired) electrons. The molecule has 0 aromatic heterocycles. The molecule has 1 aromatic rings. The third-order valence-electron chi connectivity index (χ3n) is 1.18. The predicted molar refractivity (Wildman–Crippen MR) is 54.0 cm³/mol. The summed E-state index contributed by atoms with van der Waals surface area (Å²) in [5.74, 6) is -0.233. The largest absolute Gasteiger partial charge is 0.503 e. The number of aromatic hydroxyl groups is 1. The molecular weight excluding hydrogens is 258 g/mol. The van der Waals surface area contributed by atoms with E-state index >= 15 is 0 Å². The third-order valence-corrected chi connectivity index (χ3v) is 1.71. The second kappa shape index (κ2) is 4.01. The zero-order valence-corrected chi connectivity index (χ0v) is 9.12. The van der Waals surface area contributed by atoms with Gasteiger partial charge in [-0.25, -0.2) is 0 Å². The fraction of sp³-hybridized carbons (Fsp3) is 0.143. The molecule has 1 aromatic carbocycles. The van der Waals surface area contributed by atoms with Gasteiger partial charge in [0.2, 0.25) is 0 Å². The van der Waals surface area contributed by atoms with E-state index in [1.165, 1.54) is 12.1 Å². The zero-order chi connectivity index (χ0) is 10.1. The lowest BCUT2D eigenvalue weighted by Crippen LogP contribution is -2.12. The minimum absolute atomic E-state index is 0.0208. The summed E-state index contributed by atoms with van der Waals surface area (Å²) < 4.78 is 2.86. The molecule has 0 aliphatic rings. The Morgan fingerprint density at radius 2 is 1.85 bits per heavy atom. The number of rotatable bonds is 1. The lowest BCUT2D eigenvalue weighted by atomic mass is 10.3. The monoisotopic (exact) mass is 260 g/mol. The molecule has 0 aliphatic carbocycles. The van der Waals surface area contributed by atoms with E-state index in [2.05, 4.69) is 0 Å². The van der Waals surface area contributed by atoms with E-state index < -0.39 is 3.98 Å². The van der Waals surface area contributed by atoms with E-state index in [1.54, 1.807) is 6.07 Å². The maximum absolute atomic E-state index is 9.33. The Bertz CT molecular complexity index is 308. The van der Waals surface area contributed by atoms with Crippen LogP contribution in [0.1, 0.15) is 0 Å². The summed E-state index contributed by atoms with van der Waals surface area (Å²) in [4.78, 5) is 0. The molecule has 0 heterocycles. The van der Waals surface area contributed by atoms with Gasteiger partial charge in [0.15, 0.2) is 11.5 Å². The Kier molecular flexibility index (Phi) is 3.41. The highest BCUT2D eigenvalue weighted by atomic mass is 35.6. The molecule has 1 N–H and O–H groups in total. The van der Waals surface area contributed by atoms with Crippen LogP contribution in [0.3, 0.4) is 0 Å². The smallest absolute Gasteiger partial charge is 0.338 e. The number of phenols is 1. The van der Waals surface area contributed by atoms with Crippen LogP contribution in [0.4, 0.5) is 0 Å². The Morgan fingerprint density at radius 3 is 2.38 bits per heavy atom. The van der Waals surface area contributed by atoms with Crippen molar-refractivity contribution in [1.82, 2.24) is 0 Å². The zero-order valence-electron chi connectivity index (χ0n) is 6.10. The van der Waals surface area contributed by atoms with Crippen molar-refractivity contribution in [3.63, 3.8) is 0 Å². The summed E-state index contributed by atoms with van der Waals surface area (Å²) in [6.07, 6.45) is 0. The van der Waals surface area contributed by atoms with Crippen molar-refractivity contribution in [1.29, 1.82) is 0 Å². The van der Waals surface area contributed by atoms with Gasteiger partial charge in [-0.3, -0.25) is 0 Å². The van der Waals surface area contributed by atoms with E-state index in [0.29, 0.717) is 0 Å². The van der Waals surface area contributed by atoms with Gasteiger partial charge in [-0.05, 0) is 46.9 Å². The first kappa shape index (κ1) is 11.1. The van der Waals surface area contributed by atoms with Crippen LogP contribution in [0.5, 0.6) is 11.5 Å². The van der Waals surface area contributed by atoms with Crippen molar-refractivity contribution < 1.29 is 9.84 Å². The fourth-order valence-corrected chi connectivity index (χ4v) is 1.12. The summed E-state index contributed by atoms with van der Waals surface area (Å²) >= 11 is 21.6. The number of hydrogen-bond acceptors (Lipinski definition) is 2. The Morgan fingerprint density at radius 1 is 1.23 bits per heavy atom. The number of para-hydroxylation sites is 1. The van der Waals surface area contributed by atoms with Crippen molar-refractivity contribution in [3.8, 4) is 11.5 Å². The number of alkyl halides is 3. The highest BCUT2D eigenvalue weighted by molar-refractivity contribution is 6.66. The van der Waals surface area contributed by atoms with E-state index in [9.17, 15) is 5.11 Å². The first-order valence-corrected chi connectivity index (χ1v) is 4.64. The molecule has 0 saturated heterocycles. The van der Waals surface area contributed by atoms with Crippen LogP contribution in [0.2, 0.25) is 5.02 Å². The number of ether oxygens (including phenoxy) is 1. The van der Waals surface area contributed by atoms with Gasteiger partial charge in [-0.2, -0.15) is 0 Å². The van der Waals surface area contributed by atoms with Gasteiger partial charge in [0.25, 0.3) is 0 Å². The topological polar surface area (TPSA) is 29.5 Å². The fourth-order valence-electron chi connectivity index (χ4n) is 0.703. The standard InChI is InChI=1S/C7H4Cl4O2/c8-4-2-1-3-5(6(4)12)13-7(9,10)11/h1-3,12H. The summed E-state index contributed by atoms with van der Waals surface area (Å²) in [7, 11) is 0. The summed E-state index contributed by atoms with van der Waals surface area (Å²) in [5.41, 5.74) is 0. The second-order valence-corrected chi connectivity index (χ2v) is 4.72. The molecule has 0 spiro atoms. The molecule has 1 rings (SSSR count). The molecule has 13 heavy (non-hydrogen) atoms. The van der Waals surface area contributed by atoms with E-state index in [-0.39, 0.29) is 16.5 Å². The number of hydrogen-bond donors (Lipinski definition) is 1. The van der Waals surface area contributed by atoms with Crippen LogP contribution in [0.15, 0.2) is 18.2 Å². The van der Waals surface area contributed by atoms with E-state index in [0.717, 1.165) is 0 Å². The highest BCUT2D eigenvalue weighted by Crippen LogP contribution is 2.38. The quantitative estimate of drug-likeness (QED) is 0.781. The summed E-state index contributed by atoms with van der Waals surface area (Å²) in [5, 5.41) is 9.46. The van der Waals surface area contributed by atoms with Gasteiger partial charge < -0.3 is 9.84 Å². The van der Waals surface area contributed by atoms with Crippen LogP contribution < -0.4 is 4.74 Å². The Hall–Kier alpha value is -0.0200. The molecule has 0 aliphatic heterocycles. The van der Waals surface area contributed by atoms with Crippen molar-refractivity contribution in [2.24, 2.45) is 0 Å². The summed E-state index contributed by atoms with van der Waals surface area (Å²) in [6, 6.07) is 4.49. The maximum atomic E-state index is 9.33. The minimum atomic E-state index is -1.91. The lowest BCUT2D eigenvalue weighted by molar-refractivity contribution is 0.301. The minimum Gasteiger partial charge on any atom is -0.503 e. The number of phenolic OH excluding ortho intramolecular Hbond substituents is 1. The molecule has 0 fully saturated rings. The molecule has 0 bridgehead atoms. The molecule has 0 unspecified atom stereocenters. The Labute approximate surface area is 94.9 Å². The maximum Gasteiger partial charge on any atom is 0.338 e. The van der Waals surface area contributed by atoms with Crippen molar-refractivity contribution in [2.45, 2.75) is 3.98 Å². The third kappa shape index (κ3) is 3.31. The van der Waals surface area contributed by atoms with Crippen molar-refractivity contribution in [3.05, 3.63) is 23.2 Å². The normalized spacial score (nSPS) is 11.4. The van der Waals surface area contributed by atoms with Crippen LogP contribution >= 0.6 is 46.4 Å². The highest BCUT2D eigenvalue weighted by Gasteiger charge is 2.23. The number of benzene rings is 1. The van der Waals surface area contributed by atoms with Crippen LogP contribution in [0, 0.1) is 0 Å². The van der Waals surface area contributed by atoms with Gasteiger partial charge in [-0.1, -0.05) is 17.7 Å². The van der Waals surface area contributed by atoms with Crippen LogP contribution in [-0.4, -0.2) is 9.09 Å². The molecule has 0 amide bonds. The van der Waals surface area contributed by atoms with E-state index in [4.69, 9.17) is 51.1 Å². The molecule has 6 heteroatoms. The van der Waals surface area contributed by atoms with Gasteiger partial charge in [0, 0.05) is 0 Å².